The quantitative estimate of drug-likeness (QED) is 0.855. The summed E-state index contributed by atoms with van der Waals surface area (Å²) in [4.78, 5) is 16.4. The van der Waals surface area contributed by atoms with E-state index in [0.29, 0.717) is 12.2 Å². The average Bonchev–Trinajstić information content (AvgIpc) is 2.54. The van der Waals surface area contributed by atoms with Crippen LogP contribution in [0.25, 0.3) is 0 Å². The first-order valence-electron chi connectivity index (χ1n) is 7.89. The molecule has 0 atom stereocenters. The Morgan fingerprint density at radius 3 is 2.50 bits per heavy atom. The lowest BCUT2D eigenvalue weighted by Crippen LogP contribution is -2.46. The number of carbonyl (C=O) groups is 1. The highest BCUT2D eigenvalue weighted by Crippen LogP contribution is 2.26. The van der Waals surface area contributed by atoms with Gasteiger partial charge >= 0.3 is 0 Å². The number of nitrogens with one attached hydrogen (secondary N) is 1. The number of hydrogen-bond acceptors (Lipinski definition) is 4. The average molecular weight is 328 g/mol. The molecule has 0 aliphatic carbocycles. The number of pyridine rings is 1. The summed E-state index contributed by atoms with van der Waals surface area (Å²) in [5, 5.41) is 12.1. The van der Waals surface area contributed by atoms with Crippen molar-refractivity contribution in [2.24, 2.45) is 0 Å². The van der Waals surface area contributed by atoms with Gasteiger partial charge in [-0.05, 0) is 57.0 Å². The largest absolute Gasteiger partial charge is 0.488 e. The predicted octanol–water partition coefficient (Wildman–Crippen LogP) is 2.78. The molecule has 0 fully saturated rings. The number of ether oxygens (including phenoxy) is 1. The van der Waals surface area contributed by atoms with Crippen LogP contribution in [0.1, 0.15) is 40.9 Å². The van der Waals surface area contributed by atoms with E-state index in [2.05, 4.69) is 10.3 Å². The third-order valence-electron chi connectivity index (χ3n) is 3.68. The molecule has 1 heterocycles. The van der Waals surface area contributed by atoms with Crippen LogP contribution in [0.4, 0.5) is 0 Å². The number of aromatic nitrogens is 1. The molecular formula is C19H24N2O3. The number of rotatable bonds is 6. The van der Waals surface area contributed by atoms with E-state index in [4.69, 9.17) is 4.74 Å². The third-order valence-corrected chi connectivity index (χ3v) is 3.68. The zero-order valence-corrected chi connectivity index (χ0v) is 14.6. The summed E-state index contributed by atoms with van der Waals surface area (Å²) < 4.78 is 5.90. The van der Waals surface area contributed by atoms with E-state index >= 15 is 0 Å². The van der Waals surface area contributed by atoms with E-state index in [-0.39, 0.29) is 12.5 Å². The SMILES string of the molecule is Cc1cc(C(=O)NC(C)(C)CO)cc(C)c1OCc1cccnc1. The number of aliphatic hydroxyl groups is 1. The topological polar surface area (TPSA) is 71.5 Å². The molecule has 1 amide bonds. The molecule has 0 saturated carbocycles. The highest BCUT2D eigenvalue weighted by atomic mass is 16.5. The Balaban J connectivity index is 2.14. The van der Waals surface area contributed by atoms with Crippen molar-refractivity contribution in [1.82, 2.24) is 10.3 Å². The lowest BCUT2D eigenvalue weighted by molar-refractivity contribution is 0.0869. The van der Waals surface area contributed by atoms with E-state index in [1.807, 2.05) is 26.0 Å². The molecule has 24 heavy (non-hydrogen) atoms. The molecule has 0 aliphatic heterocycles. The molecule has 0 saturated heterocycles. The van der Waals surface area contributed by atoms with Gasteiger partial charge in [0.05, 0.1) is 12.1 Å². The van der Waals surface area contributed by atoms with Gasteiger partial charge in [-0.25, -0.2) is 0 Å². The number of aliphatic hydroxyl groups excluding tert-OH is 1. The zero-order valence-electron chi connectivity index (χ0n) is 14.6. The number of amides is 1. The molecular weight excluding hydrogens is 304 g/mol. The Labute approximate surface area is 142 Å². The van der Waals surface area contributed by atoms with Crippen LogP contribution in [0.15, 0.2) is 36.7 Å². The first kappa shape index (κ1) is 17.9. The Morgan fingerprint density at radius 1 is 1.29 bits per heavy atom. The second-order valence-electron chi connectivity index (χ2n) is 6.59. The van der Waals surface area contributed by atoms with Crippen LogP contribution in [-0.2, 0) is 6.61 Å². The van der Waals surface area contributed by atoms with Crippen LogP contribution >= 0.6 is 0 Å². The molecule has 0 aliphatic rings. The van der Waals surface area contributed by atoms with Gasteiger partial charge in [-0.15, -0.1) is 0 Å². The summed E-state index contributed by atoms with van der Waals surface area (Å²) in [6.07, 6.45) is 3.49. The van der Waals surface area contributed by atoms with Gasteiger partial charge in [0, 0.05) is 23.5 Å². The van der Waals surface area contributed by atoms with E-state index in [0.717, 1.165) is 22.4 Å². The highest BCUT2D eigenvalue weighted by molar-refractivity contribution is 5.95. The Morgan fingerprint density at radius 2 is 1.96 bits per heavy atom. The minimum absolute atomic E-state index is 0.122. The highest BCUT2D eigenvalue weighted by Gasteiger charge is 2.21. The minimum atomic E-state index is -0.658. The van der Waals surface area contributed by atoms with Gasteiger partial charge in [0.1, 0.15) is 12.4 Å². The maximum atomic E-state index is 12.3. The fourth-order valence-corrected chi connectivity index (χ4v) is 2.37. The van der Waals surface area contributed by atoms with Gasteiger partial charge in [0.25, 0.3) is 5.91 Å². The fourth-order valence-electron chi connectivity index (χ4n) is 2.37. The molecule has 5 heteroatoms. The van der Waals surface area contributed by atoms with Crippen LogP contribution in [0.5, 0.6) is 5.75 Å². The lowest BCUT2D eigenvalue weighted by atomic mass is 10.0. The molecule has 0 unspecified atom stereocenters. The maximum Gasteiger partial charge on any atom is 0.251 e. The van der Waals surface area contributed by atoms with Gasteiger partial charge in [-0.1, -0.05) is 6.07 Å². The van der Waals surface area contributed by atoms with Crippen molar-refractivity contribution >= 4 is 5.91 Å². The van der Waals surface area contributed by atoms with Crippen LogP contribution in [0.2, 0.25) is 0 Å². The Bertz CT molecular complexity index is 689. The van der Waals surface area contributed by atoms with Gasteiger partial charge < -0.3 is 15.2 Å². The van der Waals surface area contributed by atoms with Crippen LogP contribution in [-0.4, -0.2) is 28.1 Å². The predicted molar refractivity (Wildman–Crippen MR) is 93.1 cm³/mol. The second kappa shape index (κ2) is 7.45. The van der Waals surface area contributed by atoms with Gasteiger partial charge in [0.2, 0.25) is 0 Å². The smallest absolute Gasteiger partial charge is 0.251 e. The molecule has 0 spiro atoms. The summed E-state index contributed by atoms with van der Waals surface area (Å²) in [6, 6.07) is 7.42. The van der Waals surface area contributed by atoms with Crippen molar-refractivity contribution in [1.29, 1.82) is 0 Å². The Kier molecular flexibility index (Phi) is 5.57. The molecule has 5 nitrogen and oxygen atoms in total. The summed E-state index contributed by atoms with van der Waals surface area (Å²) in [6.45, 7) is 7.69. The number of carbonyl (C=O) groups excluding carboxylic acids is 1. The molecule has 2 rings (SSSR count). The molecule has 128 valence electrons. The van der Waals surface area contributed by atoms with Crippen molar-refractivity contribution in [3.05, 3.63) is 58.9 Å². The van der Waals surface area contributed by atoms with Crippen molar-refractivity contribution in [2.45, 2.75) is 39.8 Å². The first-order chi connectivity index (χ1) is 11.3. The molecule has 0 bridgehead atoms. The summed E-state index contributed by atoms with van der Waals surface area (Å²) in [5.74, 6) is 0.566. The fraction of sp³-hybridized carbons (Fsp3) is 0.368. The van der Waals surface area contributed by atoms with Crippen LogP contribution in [0.3, 0.4) is 0 Å². The molecule has 1 aromatic heterocycles. The summed E-state index contributed by atoms with van der Waals surface area (Å²) in [5.41, 5.74) is 2.67. The van der Waals surface area contributed by atoms with E-state index in [9.17, 15) is 9.90 Å². The minimum Gasteiger partial charge on any atom is -0.488 e. The van der Waals surface area contributed by atoms with Crippen LogP contribution < -0.4 is 10.1 Å². The monoisotopic (exact) mass is 328 g/mol. The normalized spacial score (nSPS) is 11.2. The van der Waals surface area contributed by atoms with Crippen molar-refractivity contribution in [3.8, 4) is 5.75 Å². The number of aryl methyl sites for hydroxylation is 2. The standard InChI is InChI=1S/C19H24N2O3/c1-13-8-16(18(23)21-19(3,4)12-22)9-14(2)17(13)24-11-15-6-5-7-20-10-15/h5-10,22H,11-12H2,1-4H3,(H,21,23). The molecule has 2 aromatic rings. The van der Waals surface area contributed by atoms with Gasteiger partial charge in [0.15, 0.2) is 0 Å². The van der Waals surface area contributed by atoms with Gasteiger partial charge in [-0.3, -0.25) is 9.78 Å². The Hall–Kier alpha value is -2.40. The number of nitrogens with zero attached hydrogens (tertiary/aromatic N) is 1. The molecule has 0 radical (unpaired) electrons. The second-order valence-corrected chi connectivity index (χ2v) is 6.59. The summed E-state index contributed by atoms with van der Waals surface area (Å²) in [7, 11) is 0. The lowest BCUT2D eigenvalue weighted by Gasteiger charge is -2.24. The van der Waals surface area contributed by atoms with Crippen molar-refractivity contribution < 1.29 is 14.6 Å². The van der Waals surface area contributed by atoms with Crippen molar-refractivity contribution in [3.63, 3.8) is 0 Å². The third kappa shape index (κ3) is 4.55. The van der Waals surface area contributed by atoms with Crippen molar-refractivity contribution in [2.75, 3.05) is 6.61 Å². The first-order valence-corrected chi connectivity index (χ1v) is 7.89. The van der Waals surface area contributed by atoms with E-state index in [1.165, 1.54) is 0 Å². The number of hydrogen-bond donors (Lipinski definition) is 2. The van der Waals surface area contributed by atoms with Gasteiger partial charge in [-0.2, -0.15) is 0 Å². The molecule has 2 N–H and O–H groups in total. The van der Waals surface area contributed by atoms with E-state index < -0.39 is 5.54 Å². The van der Waals surface area contributed by atoms with Crippen LogP contribution in [0, 0.1) is 13.8 Å². The summed E-state index contributed by atoms with van der Waals surface area (Å²) >= 11 is 0. The molecule has 1 aromatic carbocycles. The maximum absolute atomic E-state index is 12.3. The number of benzene rings is 1. The zero-order chi connectivity index (χ0) is 17.7. The van der Waals surface area contributed by atoms with E-state index in [1.54, 1.807) is 38.4 Å².